The maximum Gasteiger partial charge on any atom is 0.203 e. The minimum absolute atomic E-state index is 0.120. The SMILES string of the molecule is COc1cc(Nc2cc(O)c3c(=O)cc(-c4ccccc4)oc3c2)cc(OC)c1OC. The summed E-state index contributed by atoms with van der Waals surface area (Å²) in [5, 5.41) is 13.8. The van der Waals surface area contributed by atoms with E-state index in [0.717, 1.165) is 5.56 Å². The Bertz CT molecular complexity index is 1270. The normalized spacial score (nSPS) is 10.7. The second-order valence-corrected chi connectivity index (χ2v) is 6.75. The zero-order valence-electron chi connectivity index (χ0n) is 17.3. The minimum atomic E-state index is -0.322. The highest BCUT2D eigenvalue weighted by molar-refractivity contribution is 5.89. The van der Waals surface area contributed by atoms with Crippen LogP contribution in [0.25, 0.3) is 22.3 Å². The predicted molar refractivity (Wildman–Crippen MR) is 119 cm³/mol. The summed E-state index contributed by atoms with van der Waals surface area (Å²) in [6.45, 7) is 0. The van der Waals surface area contributed by atoms with Crippen LogP contribution in [0.3, 0.4) is 0 Å². The lowest BCUT2D eigenvalue weighted by molar-refractivity contribution is 0.324. The molecule has 4 rings (SSSR count). The molecule has 4 aromatic rings. The smallest absolute Gasteiger partial charge is 0.203 e. The van der Waals surface area contributed by atoms with Gasteiger partial charge in [0, 0.05) is 47.3 Å². The Morgan fingerprint density at radius 1 is 0.839 bits per heavy atom. The molecular weight excluding hydrogens is 398 g/mol. The summed E-state index contributed by atoms with van der Waals surface area (Å²) in [6.07, 6.45) is 0. The first-order chi connectivity index (χ1) is 15.0. The fourth-order valence-electron chi connectivity index (χ4n) is 3.40. The standard InChI is InChI=1S/C24H21NO6/c1-28-21-11-16(12-22(29-2)24(21)30-3)25-15-9-17(26)23-18(27)13-19(31-20(23)10-15)14-7-5-4-6-8-14/h4-13,25-26H,1-3H3. The van der Waals surface area contributed by atoms with Crippen LogP contribution in [0.1, 0.15) is 0 Å². The van der Waals surface area contributed by atoms with Crippen molar-refractivity contribution in [2.24, 2.45) is 0 Å². The molecule has 0 bridgehead atoms. The van der Waals surface area contributed by atoms with Crippen molar-refractivity contribution in [1.82, 2.24) is 0 Å². The largest absolute Gasteiger partial charge is 0.507 e. The van der Waals surface area contributed by atoms with Gasteiger partial charge >= 0.3 is 0 Å². The van der Waals surface area contributed by atoms with Crippen LogP contribution in [0.2, 0.25) is 0 Å². The van der Waals surface area contributed by atoms with E-state index in [4.69, 9.17) is 18.6 Å². The molecule has 7 heteroatoms. The number of phenolic OH excluding ortho intramolecular Hbond substituents is 1. The molecule has 158 valence electrons. The number of nitrogens with one attached hydrogen (secondary N) is 1. The highest BCUT2D eigenvalue weighted by Crippen LogP contribution is 2.41. The van der Waals surface area contributed by atoms with E-state index in [9.17, 15) is 9.90 Å². The summed E-state index contributed by atoms with van der Waals surface area (Å²) < 4.78 is 22.0. The molecule has 0 spiro atoms. The van der Waals surface area contributed by atoms with E-state index in [-0.39, 0.29) is 22.1 Å². The summed E-state index contributed by atoms with van der Waals surface area (Å²) in [4.78, 5) is 12.6. The molecule has 0 radical (unpaired) electrons. The molecule has 0 atom stereocenters. The zero-order chi connectivity index (χ0) is 22.0. The summed E-state index contributed by atoms with van der Waals surface area (Å²) in [6, 6.07) is 17.3. The number of rotatable bonds is 6. The number of benzene rings is 3. The van der Waals surface area contributed by atoms with E-state index in [0.29, 0.717) is 34.4 Å². The van der Waals surface area contributed by atoms with Gasteiger partial charge in [0.1, 0.15) is 22.5 Å². The second-order valence-electron chi connectivity index (χ2n) is 6.75. The quantitative estimate of drug-likeness (QED) is 0.458. The lowest BCUT2D eigenvalue weighted by Crippen LogP contribution is -2.02. The molecule has 0 aliphatic rings. The molecule has 1 aromatic heterocycles. The number of fused-ring (bicyclic) bond motifs is 1. The number of hydrogen-bond donors (Lipinski definition) is 2. The number of ether oxygens (including phenoxy) is 3. The number of methoxy groups -OCH3 is 3. The summed E-state index contributed by atoms with van der Waals surface area (Å²) >= 11 is 0. The van der Waals surface area contributed by atoms with Crippen molar-refractivity contribution in [2.45, 2.75) is 0 Å². The first kappa shape index (κ1) is 20.2. The van der Waals surface area contributed by atoms with Gasteiger partial charge in [0.2, 0.25) is 5.75 Å². The number of phenols is 1. The van der Waals surface area contributed by atoms with Gasteiger partial charge in [-0.15, -0.1) is 0 Å². The van der Waals surface area contributed by atoms with Crippen LogP contribution in [0.5, 0.6) is 23.0 Å². The van der Waals surface area contributed by atoms with Crippen LogP contribution < -0.4 is 25.0 Å². The lowest BCUT2D eigenvalue weighted by Gasteiger charge is -2.15. The first-order valence-corrected chi connectivity index (χ1v) is 9.47. The Balaban J connectivity index is 1.80. The van der Waals surface area contributed by atoms with Gasteiger partial charge in [-0.3, -0.25) is 4.79 Å². The van der Waals surface area contributed by atoms with E-state index in [1.165, 1.54) is 33.5 Å². The number of anilines is 2. The fourth-order valence-corrected chi connectivity index (χ4v) is 3.40. The Morgan fingerprint density at radius 3 is 2.10 bits per heavy atom. The van der Waals surface area contributed by atoms with Gasteiger partial charge in [0.15, 0.2) is 16.9 Å². The van der Waals surface area contributed by atoms with Crippen LogP contribution in [0.4, 0.5) is 11.4 Å². The van der Waals surface area contributed by atoms with E-state index in [1.54, 1.807) is 18.2 Å². The van der Waals surface area contributed by atoms with Gasteiger partial charge in [-0.1, -0.05) is 30.3 Å². The van der Waals surface area contributed by atoms with Crippen molar-refractivity contribution in [3.05, 3.63) is 70.9 Å². The molecule has 0 amide bonds. The second kappa shape index (κ2) is 8.31. The summed E-state index contributed by atoms with van der Waals surface area (Å²) in [5.74, 6) is 1.66. The molecule has 0 saturated heterocycles. The first-order valence-electron chi connectivity index (χ1n) is 9.47. The van der Waals surface area contributed by atoms with E-state index < -0.39 is 0 Å². The van der Waals surface area contributed by atoms with Crippen LogP contribution in [0.15, 0.2) is 69.9 Å². The third-order valence-corrected chi connectivity index (χ3v) is 4.82. The van der Waals surface area contributed by atoms with Crippen molar-refractivity contribution in [3.63, 3.8) is 0 Å². The maximum atomic E-state index is 12.6. The van der Waals surface area contributed by atoms with Crippen molar-refractivity contribution in [3.8, 4) is 34.3 Å². The number of aromatic hydroxyl groups is 1. The molecule has 2 N–H and O–H groups in total. The van der Waals surface area contributed by atoms with Crippen LogP contribution in [-0.2, 0) is 0 Å². The van der Waals surface area contributed by atoms with Crippen LogP contribution in [-0.4, -0.2) is 26.4 Å². The van der Waals surface area contributed by atoms with Crippen LogP contribution >= 0.6 is 0 Å². The highest BCUT2D eigenvalue weighted by Gasteiger charge is 2.15. The average Bonchev–Trinajstić information content (AvgIpc) is 2.78. The van der Waals surface area contributed by atoms with E-state index >= 15 is 0 Å². The molecule has 0 aliphatic carbocycles. The molecule has 1 heterocycles. The molecular formula is C24H21NO6. The highest BCUT2D eigenvalue weighted by atomic mass is 16.5. The third kappa shape index (κ3) is 3.85. The Kier molecular flexibility index (Phi) is 5.41. The van der Waals surface area contributed by atoms with Crippen molar-refractivity contribution < 1.29 is 23.7 Å². The van der Waals surface area contributed by atoms with Crippen molar-refractivity contribution in [2.75, 3.05) is 26.6 Å². The molecule has 7 nitrogen and oxygen atoms in total. The monoisotopic (exact) mass is 419 g/mol. The third-order valence-electron chi connectivity index (χ3n) is 4.82. The molecule has 0 aliphatic heterocycles. The van der Waals surface area contributed by atoms with Crippen molar-refractivity contribution >= 4 is 22.3 Å². The Morgan fingerprint density at radius 2 is 1.48 bits per heavy atom. The Hall–Kier alpha value is -4.13. The fraction of sp³-hybridized carbons (Fsp3) is 0.125. The Labute approximate surface area is 178 Å². The summed E-state index contributed by atoms with van der Waals surface area (Å²) in [7, 11) is 4.59. The molecule has 31 heavy (non-hydrogen) atoms. The summed E-state index contributed by atoms with van der Waals surface area (Å²) in [5.41, 5.74) is 1.87. The van der Waals surface area contributed by atoms with Gasteiger partial charge in [0.05, 0.1) is 21.3 Å². The van der Waals surface area contributed by atoms with Gasteiger partial charge in [0.25, 0.3) is 0 Å². The predicted octanol–water partition coefficient (Wildman–Crippen LogP) is 4.94. The molecule has 0 saturated carbocycles. The molecule has 3 aromatic carbocycles. The lowest BCUT2D eigenvalue weighted by atomic mass is 10.1. The minimum Gasteiger partial charge on any atom is -0.507 e. The number of hydrogen-bond acceptors (Lipinski definition) is 7. The van der Waals surface area contributed by atoms with E-state index in [2.05, 4.69) is 5.32 Å². The average molecular weight is 419 g/mol. The van der Waals surface area contributed by atoms with E-state index in [1.807, 2.05) is 30.3 Å². The zero-order valence-corrected chi connectivity index (χ0v) is 17.3. The maximum absolute atomic E-state index is 12.6. The van der Waals surface area contributed by atoms with Crippen LogP contribution in [0, 0.1) is 0 Å². The molecule has 0 unspecified atom stereocenters. The van der Waals surface area contributed by atoms with Gasteiger partial charge < -0.3 is 29.1 Å². The topological polar surface area (TPSA) is 90.2 Å². The van der Waals surface area contributed by atoms with Gasteiger partial charge in [-0.25, -0.2) is 0 Å². The van der Waals surface area contributed by atoms with Gasteiger partial charge in [-0.2, -0.15) is 0 Å². The van der Waals surface area contributed by atoms with Gasteiger partial charge in [-0.05, 0) is 0 Å². The van der Waals surface area contributed by atoms with Crippen molar-refractivity contribution in [1.29, 1.82) is 0 Å². The molecule has 0 fully saturated rings.